The fraction of sp³-hybridized carbons (Fsp3) is 0.972. The van der Waals surface area contributed by atoms with Crippen molar-refractivity contribution in [1.82, 2.24) is 0 Å². The van der Waals surface area contributed by atoms with E-state index in [0.29, 0.717) is 19.1 Å². The van der Waals surface area contributed by atoms with Crippen LogP contribution in [0.4, 0.5) is 0 Å². The SMILES string of the molecule is CCCCCCCCCCCCC(N)CCCCCCCC(=O)OCCC(CCCCCC)CCCCCC. The van der Waals surface area contributed by atoms with Crippen molar-refractivity contribution in [3.05, 3.63) is 0 Å². The first-order valence-electron chi connectivity index (χ1n) is 18.0. The minimum atomic E-state index is 0.0178. The van der Waals surface area contributed by atoms with Gasteiger partial charge in [-0.25, -0.2) is 0 Å². The van der Waals surface area contributed by atoms with Gasteiger partial charge in [-0.15, -0.1) is 0 Å². The third-order valence-corrected chi connectivity index (χ3v) is 8.61. The van der Waals surface area contributed by atoms with Gasteiger partial charge in [-0.05, 0) is 31.6 Å². The average Bonchev–Trinajstić information content (AvgIpc) is 2.93. The summed E-state index contributed by atoms with van der Waals surface area (Å²) < 4.78 is 5.62. The van der Waals surface area contributed by atoms with E-state index in [1.54, 1.807) is 0 Å². The van der Waals surface area contributed by atoms with Crippen molar-refractivity contribution in [1.29, 1.82) is 0 Å². The Hall–Kier alpha value is -0.570. The summed E-state index contributed by atoms with van der Waals surface area (Å²) in [6.07, 6.45) is 37.1. The molecule has 0 saturated carbocycles. The Morgan fingerprint density at radius 3 is 1.31 bits per heavy atom. The van der Waals surface area contributed by atoms with Gasteiger partial charge in [0.15, 0.2) is 0 Å². The van der Waals surface area contributed by atoms with E-state index in [1.807, 2.05) is 0 Å². The Morgan fingerprint density at radius 1 is 0.487 bits per heavy atom. The maximum atomic E-state index is 12.2. The molecule has 0 amide bonds. The Morgan fingerprint density at radius 2 is 0.846 bits per heavy atom. The number of carbonyl (C=O) groups excluding carboxylic acids is 1. The Balaban J connectivity index is 3.61. The second-order valence-electron chi connectivity index (χ2n) is 12.6. The van der Waals surface area contributed by atoms with Crippen LogP contribution in [0.5, 0.6) is 0 Å². The van der Waals surface area contributed by atoms with Gasteiger partial charge in [0.2, 0.25) is 0 Å². The summed E-state index contributed by atoms with van der Waals surface area (Å²) in [4.78, 5) is 12.2. The van der Waals surface area contributed by atoms with Gasteiger partial charge in [-0.3, -0.25) is 4.79 Å². The highest BCUT2D eigenvalue weighted by Gasteiger charge is 2.11. The molecule has 0 bridgehead atoms. The van der Waals surface area contributed by atoms with Crippen LogP contribution in [-0.4, -0.2) is 18.6 Å². The second kappa shape index (κ2) is 32.0. The lowest BCUT2D eigenvalue weighted by atomic mass is 9.92. The molecule has 39 heavy (non-hydrogen) atoms. The molecule has 0 spiro atoms. The van der Waals surface area contributed by atoms with Crippen LogP contribution in [0.2, 0.25) is 0 Å². The third-order valence-electron chi connectivity index (χ3n) is 8.61. The standard InChI is InChI=1S/C36H73NO2/c1-4-7-10-13-14-15-16-17-19-24-29-35(37)30-25-20-18-21-26-31-36(38)39-33-32-34(27-22-11-8-5-2)28-23-12-9-6-3/h34-35H,4-33,37H2,1-3H3. The van der Waals surface area contributed by atoms with Crippen LogP contribution in [0.1, 0.15) is 207 Å². The van der Waals surface area contributed by atoms with E-state index in [9.17, 15) is 4.79 Å². The third kappa shape index (κ3) is 30.2. The normalized spacial score (nSPS) is 12.3. The number of ether oxygens (including phenoxy) is 1. The molecular weight excluding hydrogens is 478 g/mol. The van der Waals surface area contributed by atoms with Gasteiger partial charge in [-0.1, -0.05) is 175 Å². The average molecular weight is 552 g/mol. The van der Waals surface area contributed by atoms with Crippen molar-refractivity contribution < 1.29 is 9.53 Å². The van der Waals surface area contributed by atoms with Crippen molar-refractivity contribution >= 4 is 5.97 Å². The van der Waals surface area contributed by atoms with Crippen molar-refractivity contribution in [2.45, 2.75) is 213 Å². The van der Waals surface area contributed by atoms with Crippen LogP contribution < -0.4 is 5.73 Å². The van der Waals surface area contributed by atoms with Gasteiger partial charge >= 0.3 is 5.97 Å². The van der Waals surface area contributed by atoms with Gasteiger partial charge in [-0.2, -0.15) is 0 Å². The molecule has 2 N–H and O–H groups in total. The summed E-state index contributed by atoms with van der Waals surface area (Å²) in [7, 11) is 0. The van der Waals surface area contributed by atoms with Gasteiger partial charge in [0, 0.05) is 12.5 Å². The highest BCUT2D eigenvalue weighted by Crippen LogP contribution is 2.22. The lowest BCUT2D eigenvalue weighted by Crippen LogP contribution is -2.19. The molecule has 234 valence electrons. The molecule has 3 nitrogen and oxygen atoms in total. The van der Waals surface area contributed by atoms with E-state index in [1.165, 1.54) is 154 Å². The Bertz CT molecular complexity index is 469. The predicted molar refractivity (Wildman–Crippen MR) is 173 cm³/mol. The van der Waals surface area contributed by atoms with E-state index >= 15 is 0 Å². The molecule has 0 saturated heterocycles. The van der Waals surface area contributed by atoms with E-state index in [0.717, 1.165) is 31.6 Å². The van der Waals surface area contributed by atoms with E-state index in [2.05, 4.69) is 20.8 Å². The van der Waals surface area contributed by atoms with Crippen LogP contribution in [-0.2, 0) is 9.53 Å². The van der Waals surface area contributed by atoms with E-state index in [-0.39, 0.29) is 5.97 Å². The molecule has 0 aliphatic rings. The number of carbonyl (C=O) groups is 1. The molecule has 0 aromatic heterocycles. The number of hydrogen-bond acceptors (Lipinski definition) is 3. The van der Waals surface area contributed by atoms with Crippen LogP contribution >= 0.6 is 0 Å². The van der Waals surface area contributed by atoms with Crippen LogP contribution in [0.15, 0.2) is 0 Å². The van der Waals surface area contributed by atoms with Crippen molar-refractivity contribution in [3.63, 3.8) is 0 Å². The first-order chi connectivity index (χ1) is 19.1. The summed E-state index contributed by atoms with van der Waals surface area (Å²) in [5.74, 6) is 0.757. The first-order valence-corrected chi connectivity index (χ1v) is 18.0. The predicted octanol–water partition coefficient (Wildman–Crippen LogP) is 11.8. The molecule has 0 heterocycles. The number of unbranched alkanes of at least 4 members (excludes halogenated alkanes) is 19. The largest absolute Gasteiger partial charge is 0.466 e. The highest BCUT2D eigenvalue weighted by atomic mass is 16.5. The fourth-order valence-corrected chi connectivity index (χ4v) is 5.81. The summed E-state index contributed by atoms with van der Waals surface area (Å²) in [6.45, 7) is 7.46. The van der Waals surface area contributed by atoms with Crippen molar-refractivity contribution in [3.8, 4) is 0 Å². The molecule has 1 atom stereocenters. The molecule has 0 rings (SSSR count). The first kappa shape index (κ1) is 38.4. The quantitative estimate of drug-likeness (QED) is 0.0668. The molecule has 0 aliphatic carbocycles. The number of esters is 1. The lowest BCUT2D eigenvalue weighted by molar-refractivity contribution is -0.144. The topological polar surface area (TPSA) is 52.3 Å². The van der Waals surface area contributed by atoms with Crippen LogP contribution in [0.3, 0.4) is 0 Å². The summed E-state index contributed by atoms with van der Waals surface area (Å²) in [6, 6.07) is 0.385. The minimum Gasteiger partial charge on any atom is -0.466 e. The minimum absolute atomic E-state index is 0.0178. The van der Waals surface area contributed by atoms with Crippen LogP contribution in [0, 0.1) is 5.92 Å². The molecular formula is C36H73NO2. The smallest absolute Gasteiger partial charge is 0.305 e. The molecule has 0 aromatic rings. The molecule has 0 aromatic carbocycles. The zero-order chi connectivity index (χ0) is 28.7. The summed E-state index contributed by atoms with van der Waals surface area (Å²) >= 11 is 0. The maximum absolute atomic E-state index is 12.2. The second-order valence-corrected chi connectivity index (χ2v) is 12.6. The highest BCUT2D eigenvalue weighted by molar-refractivity contribution is 5.69. The monoisotopic (exact) mass is 552 g/mol. The van der Waals surface area contributed by atoms with Crippen molar-refractivity contribution in [2.24, 2.45) is 11.7 Å². The maximum Gasteiger partial charge on any atom is 0.305 e. The lowest BCUT2D eigenvalue weighted by Gasteiger charge is -2.17. The zero-order valence-corrected chi connectivity index (χ0v) is 27.3. The Kier molecular flexibility index (Phi) is 31.5. The summed E-state index contributed by atoms with van der Waals surface area (Å²) in [5, 5.41) is 0. The van der Waals surface area contributed by atoms with E-state index in [4.69, 9.17) is 10.5 Å². The van der Waals surface area contributed by atoms with Crippen molar-refractivity contribution in [2.75, 3.05) is 6.61 Å². The molecule has 0 radical (unpaired) electrons. The van der Waals surface area contributed by atoms with Crippen LogP contribution in [0.25, 0.3) is 0 Å². The number of hydrogen-bond donors (Lipinski definition) is 1. The van der Waals surface area contributed by atoms with Gasteiger partial charge in [0.1, 0.15) is 0 Å². The Labute approximate surface area is 246 Å². The van der Waals surface area contributed by atoms with Gasteiger partial charge in [0.25, 0.3) is 0 Å². The molecule has 0 aliphatic heterocycles. The molecule has 0 fully saturated rings. The molecule has 3 heteroatoms. The zero-order valence-electron chi connectivity index (χ0n) is 27.3. The summed E-state index contributed by atoms with van der Waals surface area (Å²) in [5.41, 5.74) is 6.35. The fourth-order valence-electron chi connectivity index (χ4n) is 5.81. The van der Waals surface area contributed by atoms with Gasteiger partial charge < -0.3 is 10.5 Å². The number of nitrogens with two attached hydrogens (primary N) is 1. The number of rotatable bonds is 32. The molecule has 1 unspecified atom stereocenters. The van der Waals surface area contributed by atoms with Gasteiger partial charge in [0.05, 0.1) is 6.61 Å². The van der Waals surface area contributed by atoms with E-state index < -0.39 is 0 Å².